The van der Waals surface area contributed by atoms with Gasteiger partial charge in [0.05, 0.1) is 6.42 Å². The minimum Gasteiger partial charge on any atom is -0.508 e. The minimum absolute atomic E-state index is 0.0915. The number of carbonyl (C=O) groups excluding carboxylic acids is 1. The molecule has 0 aromatic heterocycles. The van der Waals surface area contributed by atoms with Crippen molar-refractivity contribution < 1.29 is 18.5 Å². The zero-order chi connectivity index (χ0) is 22.8. The van der Waals surface area contributed by atoms with E-state index in [9.17, 15) is 18.5 Å². The number of benzene rings is 3. The molecule has 6 heteroatoms. The van der Waals surface area contributed by atoms with Crippen LogP contribution in [0.3, 0.4) is 0 Å². The maximum absolute atomic E-state index is 14.1. The number of anilines is 1. The van der Waals surface area contributed by atoms with Crippen molar-refractivity contribution in [3.63, 3.8) is 0 Å². The molecule has 0 heterocycles. The first-order valence-electron chi connectivity index (χ1n) is 10.1. The van der Waals surface area contributed by atoms with Gasteiger partial charge in [-0.3, -0.25) is 9.00 Å². The number of aromatic hydroxyl groups is 1. The fourth-order valence-electron chi connectivity index (χ4n) is 3.81. The van der Waals surface area contributed by atoms with Crippen molar-refractivity contribution in [3.8, 4) is 5.75 Å². The van der Waals surface area contributed by atoms with Crippen LogP contribution in [0.1, 0.15) is 30.0 Å². The van der Waals surface area contributed by atoms with Gasteiger partial charge in [-0.25, -0.2) is 4.39 Å². The van der Waals surface area contributed by atoms with Crippen LogP contribution < -0.4 is 5.32 Å². The zero-order valence-corrected chi connectivity index (χ0v) is 18.5. The van der Waals surface area contributed by atoms with Crippen molar-refractivity contribution >= 4 is 39.6 Å². The van der Waals surface area contributed by atoms with Gasteiger partial charge in [-0.1, -0.05) is 18.2 Å². The number of phenols is 1. The molecule has 0 bridgehead atoms. The van der Waals surface area contributed by atoms with E-state index in [2.05, 4.69) is 5.32 Å². The molecule has 0 spiro atoms. The molecular weight excluding hydrogens is 425 g/mol. The molecule has 0 radical (unpaired) electrons. The van der Waals surface area contributed by atoms with Crippen LogP contribution in [0, 0.1) is 5.82 Å². The average molecular weight is 448 g/mol. The first-order valence-corrected chi connectivity index (χ1v) is 11.6. The first kappa shape index (κ1) is 21.7. The number of carbonyl (C=O) groups is 1. The molecule has 4 nitrogen and oxygen atoms in total. The van der Waals surface area contributed by atoms with Crippen LogP contribution in [0.4, 0.5) is 10.1 Å². The molecule has 2 N–H and O–H groups in total. The lowest BCUT2D eigenvalue weighted by molar-refractivity contribution is -0.115. The van der Waals surface area contributed by atoms with Crippen LogP contribution >= 0.6 is 0 Å². The van der Waals surface area contributed by atoms with Gasteiger partial charge in [0.2, 0.25) is 5.91 Å². The monoisotopic (exact) mass is 447 g/mol. The van der Waals surface area contributed by atoms with E-state index in [1.54, 1.807) is 24.5 Å². The van der Waals surface area contributed by atoms with Crippen LogP contribution in [-0.4, -0.2) is 21.5 Å². The number of hydrogen-bond acceptors (Lipinski definition) is 3. The molecule has 1 aliphatic rings. The van der Waals surface area contributed by atoms with E-state index in [4.69, 9.17) is 0 Å². The van der Waals surface area contributed by atoms with E-state index in [1.165, 1.54) is 24.3 Å². The molecule has 3 aromatic rings. The molecule has 32 heavy (non-hydrogen) atoms. The van der Waals surface area contributed by atoms with Gasteiger partial charge in [0.25, 0.3) is 0 Å². The van der Waals surface area contributed by atoms with E-state index < -0.39 is 10.8 Å². The second kappa shape index (κ2) is 8.93. The first-order chi connectivity index (χ1) is 15.3. The van der Waals surface area contributed by atoms with E-state index in [-0.39, 0.29) is 23.9 Å². The highest BCUT2D eigenvalue weighted by Gasteiger charge is 2.25. The highest BCUT2D eigenvalue weighted by Crippen LogP contribution is 2.44. The summed E-state index contributed by atoms with van der Waals surface area (Å²) in [6.07, 6.45) is 3.73. The third-order valence-corrected chi connectivity index (χ3v) is 6.40. The van der Waals surface area contributed by atoms with Gasteiger partial charge in [0.1, 0.15) is 11.6 Å². The van der Waals surface area contributed by atoms with Crippen molar-refractivity contribution in [2.24, 2.45) is 0 Å². The molecule has 0 aliphatic heterocycles. The van der Waals surface area contributed by atoms with Crippen LogP contribution in [0.2, 0.25) is 0 Å². The van der Waals surface area contributed by atoms with Gasteiger partial charge in [-0.2, -0.15) is 0 Å². The number of fused-ring (bicyclic) bond motifs is 1. The number of halogens is 1. The topological polar surface area (TPSA) is 66.4 Å². The molecule has 0 unspecified atom stereocenters. The van der Waals surface area contributed by atoms with Gasteiger partial charge in [0, 0.05) is 27.6 Å². The Kier molecular flexibility index (Phi) is 6.06. The summed E-state index contributed by atoms with van der Waals surface area (Å²) in [5.74, 6) is -0.463. The van der Waals surface area contributed by atoms with Crippen molar-refractivity contribution in [3.05, 3.63) is 94.8 Å². The Hall–Kier alpha value is -3.51. The summed E-state index contributed by atoms with van der Waals surface area (Å²) in [5, 5.41) is 12.2. The van der Waals surface area contributed by atoms with Gasteiger partial charge in [-0.15, -0.1) is 0 Å². The number of hydrogen-bond donors (Lipinski definition) is 2. The molecular formula is C26H22FNO3S. The number of nitrogens with one attached hydrogen (secondary N) is 1. The number of rotatable bonds is 5. The van der Waals surface area contributed by atoms with Crippen LogP contribution in [0.5, 0.6) is 5.75 Å². The maximum atomic E-state index is 14.1. The molecule has 1 atom stereocenters. The third-order valence-electron chi connectivity index (χ3n) is 5.47. The maximum Gasteiger partial charge on any atom is 0.228 e. The van der Waals surface area contributed by atoms with E-state index in [0.717, 1.165) is 32.7 Å². The highest BCUT2D eigenvalue weighted by molar-refractivity contribution is 7.84. The number of allylic oxidation sites excluding steroid dienone is 2. The largest absolute Gasteiger partial charge is 0.508 e. The summed E-state index contributed by atoms with van der Waals surface area (Å²) >= 11 is 0. The number of amides is 1. The molecule has 0 saturated carbocycles. The predicted octanol–water partition coefficient (Wildman–Crippen LogP) is 5.63. The van der Waals surface area contributed by atoms with E-state index >= 15 is 0 Å². The van der Waals surface area contributed by atoms with Crippen LogP contribution in [0.15, 0.2) is 77.2 Å². The Balaban J connectivity index is 1.67. The SMILES string of the molecule is CC1=C(CC(=O)Nc2ccc(O)cc2)c2cc(F)ccc2/C1=C/c1ccc([S@](C)=O)cc1. The van der Waals surface area contributed by atoms with Gasteiger partial charge < -0.3 is 10.4 Å². The lowest BCUT2D eigenvalue weighted by Crippen LogP contribution is -2.11. The molecule has 0 fully saturated rings. The summed E-state index contributed by atoms with van der Waals surface area (Å²) in [6, 6.07) is 18.3. The lowest BCUT2D eigenvalue weighted by Gasteiger charge is -2.08. The summed E-state index contributed by atoms with van der Waals surface area (Å²) < 4.78 is 25.7. The summed E-state index contributed by atoms with van der Waals surface area (Å²) in [5.41, 5.74) is 5.70. The summed E-state index contributed by atoms with van der Waals surface area (Å²) in [7, 11) is -1.05. The van der Waals surface area contributed by atoms with Crippen molar-refractivity contribution in [2.45, 2.75) is 18.2 Å². The van der Waals surface area contributed by atoms with Crippen molar-refractivity contribution in [2.75, 3.05) is 11.6 Å². The fourth-order valence-corrected chi connectivity index (χ4v) is 4.33. The Morgan fingerprint density at radius 2 is 1.72 bits per heavy atom. The second-order valence-corrected chi connectivity index (χ2v) is 9.03. The van der Waals surface area contributed by atoms with Crippen LogP contribution in [-0.2, 0) is 15.6 Å². The van der Waals surface area contributed by atoms with Crippen molar-refractivity contribution in [1.82, 2.24) is 0 Å². The third kappa shape index (κ3) is 4.55. The van der Waals surface area contributed by atoms with Crippen molar-refractivity contribution in [1.29, 1.82) is 0 Å². The van der Waals surface area contributed by atoms with E-state index in [1.807, 2.05) is 37.3 Å². The lowest BCUT2D eigenvalue weighted by atomic mass is 10.0. The number of phenolic OH excluding ortho intramolecular Hbond substituents is 1. The quantitative estimate of drug-likeness (QED) is 0.499. The standard InChI is InChI=1S/C26H22FNO3S/c1-16-23(13-17-3-10-21(11-4-17)32(2)31)22-12-5-18(27)14-25(22)24(16)15-26(30)28-19-6-8-20(29)9-7-19/h3-14,29H,15H2,1-2H3,(H,28,30)/b23-13+/t32-/m0/s1. The Labute approximate surface area is 188 Å². The molecule has 4 rings (SSSR count). The second-order valence-electron chi connectivity index (χ2n) is 7.65. The molecule has 1 amide bonds. The predicted molar refractivity (Wildman–Crippen MR) is 127 cm³/mol. The zero-order valence-electron chi connectivity index (χ0n) is 17.7. The van der Waals surface area contributed by atoms with Gasteiger partial charge in [0.15, 0.2) is 0 Å². The highest BCUT2D eigenvalue weighted by atomic mass is 32.2. The Morgan fingerprint density at radius 1 is 1.03 bits per heavy atom. The molecule has 162 valence electrons. The van der Waals surface area contributed by atoms with Gasteiger partial charge in [-0.05, 0) is 94.9 Å². The fraction of sp³-hybridized carbons (Fsp3) is 0.115. The normalized spacial score (nSPS) is 15.0. The Morgan fingerprint density at radius 3 is 2.38 bits per heavy atom. The minimum atomic E-state index is -1.05. The smallest absolute Gasteiger partial charge is 0.228 e. The summed E-state index contributed by atoms with van der Waals surface area (Å²) in [4.78, 5) is 13.5. The molecule has 1 aliphatic carbocycles. The molecule has 0 saturated heterocycles. The molecule has 3 aromatic carbocycles. The average Bonchev–Trinajstić information content (AvgIpc) is 3.01. The van der Waals surface area contributed by atoms with Crippen LogP contribution in [0.25, 0.3) is 17.2 Å². The van der Waals surface area contributed by atoms with E-state index in [0.29, 0.717) is 11.3 Å². The van der Waals surface area contributed by atoms with Gasteiger partial charge >= 0.3 is 0 Å². The Bertz CT molecular complexity index is 1280. The summed E-state index contributed by atoms with van der Waals surface area (Å²) in [6.45, 7) is 1.93.